The molecule has 4 heterocycles. The van der Waals surface area contributed by atoms with Gasteiger partial charge in [0.25, 0.3) is 5.78 Å². The fraction of sp³-hybridized carbons (Fsp3) is 0.292. The van der Waals surface area contributed by atoms with Gasteiger partial charge < -0.3 is 14.6 Å². The van der Waals surface area contributed by atoms with Gasteiger partial charge in [0, 0.05) is 31.3 Å². The zero-order chi connectivity index (χ0) is 26.4. The summed E-state index contributed by atoms with van der Waals surface area (Å²) in [4.78, 5) is 21.7. The number of imidazole rings is 1. The molecule has 6 rings (SSSR count). The number of aromatic nitrogens is 9. The smallest absolute Gasteiger partial charge is 0.434 e. The first-order valence-electron chi connectivity index (χ1n) is 11.7. The molecular formula is C24H21F3N10O. The predicted molar refractivity (Wildman–Crippen MR) is 129 cm³/mol. The molecule has 14 heteroatoms. The van der Waals surface area contributed by atoms with Gasteiger partial charge in [-0.1, -0.05) is 24.3 Å². The number of nitrogens with zero attached hydrogens (tertiary/aromatic N) is 9. The third-order valence-corrected chi connectivity index (χ3v) is 6.23. The molecule has 0 amide bonds. The van der Waals surface area contributed by atoms with Crippen LogP contribution in [0.15, 0.2) is 43.1 Å². The zero-order valence-electron chi connectivity index (χ0n) is 20.3. The van der Waals surface area contributed by atoms with E-state index in [1.54, 1.807) is 16.5 Å². The van der Waals surface area contributed by atoms with Gasteiger partial charge in [-0.15, -0.1) is 10.2 Å². The number of hydrogen-bond donors (Lipinski definition) is 1. The molecule has 0 spiro atoms. The summed E-state index contributed by atoms with van der Waals surface area (Å²) < 4.78 is 47.6. The average molecular weight is 522 g/mol. The van der Waals surface area contributed by atoms with Crippen LogP contribution in [0.4, 0.5) is 19.1 Å². The van der Waals surface area contributed by atoms with E-state index in [2.05, 4.69) is 35.5 Å². The van der Waals surface area contributed by atoms with Crippen molar-refractivity contribution < 1.29 is 17.9 Å². The molecule has 194 valence electrons. The SMILES string of the molecule is COc1ncnc(C2CC2)c1-c1nc(NCc2ccc(-c3nc(C(F)(F)F)cn3C)cc2)n2cnnc2n1. The molecule has 0 unspecified atom stereocenters. The van der Waals surface area contributed by atoms with Crippen LogP contribution in [-0.4, -0.2) is 51.2 Å². The molecule has 1 fully saturated rings. The van der Waals surface area contributed by atoms with E-state index in [1.165, 1.54) is 31.4 Å². The molecule has 0 aliphatic heterocycles. The van der Waals surface area contributed by atoms with Crippen LogP contribution in [0.25, 0.3) is 28.6 Å². The predicted octanol–water partition coefficient (Wildman–Crippen LogP) is 3.89. The normalized spacial score (nSPS) is 13.7. The second kappa shape index (κ2) is 9.04. The molecule has 1 aliphatic carbocycles. The second-order valence-electron chi connectivity index (χ2n) is 8.90. The van der Waals surface area contributed by atoms with E-state index in [-0.39, 0.29) is 5.82 Å². The summed E-state index contributed by atoms with van der Waals surface area (Å²) in [6.07, 6.45) is 1.50. The Labute approximate surface area is 213 Å². The first-order chi connectivity index (χ1) is 18.3. The average Bonchev–Trinajstić information content (AvgIpc) is 3.51. The third-order valence-electron chi connectivity index (χ3n) is 6.23. The van der Waals surface area contributed by atoms with Crippen LogP contribution in [0.3, 0.4) is 0 Å². The number of methoxy groups -OCH3 is 1. The number of hydrogen-bond acceptors (Lipinski definition) is 9. The lowest BCUT2D eigenvalue weighted by atomic mass is 10.1. The summed E-state index contributed by atoms with van der Waals surface area (Å²) >= 11 is 0. The van der Waals surface area contributed by atoms with E-state index in [4.69, 9.17) is 9.72 Å². The number of benzene rings is 1. The highest BCUT2D eigenvalue weighted by molar-refractivity contribution is 5.68. The fourth-order valence-corrected chi connectivity index (χ4v) is 4.20. The summed E-state index contributed by atoms with van der Waals surface area (Å²) in [5.74, 6) is 2.09. The van der Waals surface area contributed by atoms with E-state index in [9.17, 15) is 13.2 Å². The Kier molecular flexibility index (Phi) is 5.65. The highest BCUT2D eigenvalue weighted by atomic mass is 19.4. The Balaban J connectivity index is 1.28. The lowest BCUT2D eigenvalue weighted by molar-refractivity contribution is -0.140. The number of anilines is 1. The van der Waals surface area contributed by atoms with Crippen LogP contribution in [0.1, 0.15) is 35.7 Å². The van der Waals surface area contributed by atoms with Crippen molar-refractivity contribution in [1.29, 1.82) is 0 Å². The maximum Gasteiger partial charge on any atom is 0.434 e. The molecule has 0 bridgehead atoms. The zero-order valence-corrected chi connectivity index (χ0v) is 20.3. The number of fused-ring (bicyclic) bond motifs is 1. The van der Waals surface area contributed by atoms with Crippen molar-refractivity contribution in [3.05, 3.63) is 60.1 Å². The number of aryl methyl sites for hydroxylation is 1. The van der Waals surface area contributed by atoms with Gasteiger partial charge in [0.15, 0.2) is 11.5 Å². The standard InChI is InChI=1S/C24H21F3N10O/c1-36-10-16(24(25,26)27)32-20(36)15-5-3-13(4-6-15)9-28-22-33-19(34-23-35-31-12-37(22)23)17-18(14-7-8-14)29-11-30-21(17)38-2/h3-6,10-12,14H,7-9H2,1-2H3,(H,28,33,34,35). The summed E-state index contributed by atoms with van der Waals surface area (Å²) in [7, 11) is 3.07. The Morgan fingerprint density at radius 1 is 1.08 bits per heavy atom. The van der Waals surface area contributed by atoms with Crippen LogP contribution in [0.5, 0.6) is 5.88 Å². The Morgan fingerprint density at radius 2 is 1.87 bits per heavy atom. The van der Waals surface area contributed by atoms with Crippen LogP contribution >= 0.6 is 0 Å². The van der Waals surface area contributed by atoms with Gasteiger partial charge in [-0.2, -0.15) is 23.1 Å². The second-order valence-corrected chi connectivity index (χ2v) is 8.90. The van der Waals surface area contributed by atoms with Crippen LogP contribution < -0.4 is 10.1 Å². The number of alkyl halides is 3. The lowest BCUT2D eigenvalue weighted by Gasteiger charge is -2.13. The quantitative estimate of drug-likeness (QED) is 0.339. The molecule has 11 nitrogen and oxygen atoms in total. The van der Waals surface area contributed by atoms with E-state index < -0.39 is 11.9 Å². The fourth-order valence-electron chi connectivity index (χ4n) is 4.20. The Hall–Kier alpha value is -4.62. The Bertz CT molecular complexity index is 1620. The highest BCUT2D eigenvalue weighted by Gasteiger charge is 2.34. The summed E-state index contributed by atoms with van der Waals surface area (Å²) in [5, 5.41) is 11.3. The molecule has 0 saturated heterocycles. The van der Waals surface area contributed by atoms with E-state index in [0.29, 0.717) is 47.0 Å². The van der Waals surface area contributed by atoms with Gasteiger partial charge in [-0.3, -0.25) is 0 Å². The van der Waals surface area contributed by atoms with Crippen LogP contribution in [0.2, 0.25) is 0 Å². The largest absolute Gasteiger partial charge is 0.480 e. The van der Waals surface area contributed by atoms with Crippen molar-refractivity contribution >= 4 is 11.7 Å². The van der Waals surface area contributed by atoms with Gasteiger partial charge in [0.2, 0.25) is 11.8 Å². The van der Waals surface area contributed by atoms with E-state index in [0.717, 1.165) is 30.3 Å². The molecule has 1 aliphatic rings. The van der Waals surface area contributed by atoms with Gasteiger partial charge >= 0.3 is 6.18 Å². The molecule has 1 N–H and O–H groups in total. The highest BCUT2D eigenvalue weighted by Crippen LogP contribution is 2.45. The Morgan fingerprint density at radius 3 is 2.55 bits per heavy atom. The van der Waals surface area contributed by atoms with Gasteiger partial charge in [0.05, 0.1) is 12.8 Å². The minimum atomic E-state index is -4.50. The topological polar surface area (TPSA) is 121 Å². The molecule has 38 heavy (non-hydrogen) atoms. The number of halogens is 3. The van der Waals surface area contributed by atoms with E-state index >= 15 is 0 Å². The van der Waals surface area contributed by atoms with Crippen molar-refractivity contribution in [2.24, 2.45) is 7.05 Å². The number of ether oxygens (including phenoxy) is 1. The third kappa shape index (κ3) is 4.37. The van der Waals surface area contributed by atoms with E-state index in [1.807, 2.05) is 12.1 Å². The van der Waals surface area contributed by atoms with Crippen molar-refractivity contribution in [2.75, 3.05) is 12.4 Å². The van der Waals surface area contributed by atoms with Crippen LogP contribution in [-0.2, 0) is 19.8 Å². The molecule has 1 aromatic carbocycles. The lowest BCUT2D eigenvalue weighted by Crippen LogP contribution is -2.10. The van der Waals surface area contributed by atoms with Gasteiger partial charge in [-0.05, 0) is 18.4 Å². The summed E-state index contributed by atoms with van der Waals surface area (Å²) in [5.41, 5.74) is 1.98. The molecule has 1 saturated carbocycles. The van der Waals surface area contributed by atoms with Crippen molar-refractivity contribution in [3.63, 3.8) is 0 Å². The summed E-state index contributed by atoms with van der Waals surface area (Å²) in [6.45, 7) is 0.371. The van der Waals surface area contributed by atoms with Crippen molar-refractivity contribution in [3.8, 4) is 28.7 Å². The molecule has 4 aromatic heterocycles. The maximum absolute atomic E-state index is 13.0. The molecule has 0 radical (unpaired) electrons. The molecule has 5 aromatic rings. The number of nitrogens with one attached hydrogen (secondary N) is 1. The maximum atomic E-state index is 13.0. The first-order valence-corrected chi connectivity index (χ1v) is 11.7. The van der Waals surface area contributed by atoms with Gasteiger partial charge in [0.1, 0.15) is 24.0 Å². The van der Waals surface area contributed by atoms with Crippen molar-refractivity contribution in [2.45, 2.75) is 31.5 Å². The minimum absolute atomic E-state index is 0.231. The minimum Gasteiger partial charge on any atom is -0.480 e. The van der Waals surface area contributed by atoms with Crippen molar-refractivity contribution in [1.82, 2.24) is 44.1 Å². The molecule has 0 atom stereocenters. The van der Waals surface area contributed by atoms with Gasteiger partial charge in [-0.25, -0.2) is 19.4 Å². The first kappa shape index (κ1) is 23.8. The summed E-state index contributed by atoms with van der Waals surface area (Å²) in [6, 6.07) is 7.09. The van der Waals surface area contributed by atoms with Crippen LogP contribution in [0, 0.1) is 0 Å². The number of rotatable bonds is 7. The monoisotopic (exact) mass is 522 g/mol. The molecular weight excluding hydrogens is 501 g/mol.